The second-order valence-electron chi connectivity index (χ2n) is 2.76. The van der Waals surface area contributed by atoms with Gasteiger partial charge in [-0.3, -0.25) is 4.79 Å². The number of aryl methyl sites for hydroxylation is 1. The van der Waals surface area contributed by atoms with Crippen molar-refractivity contribution in [2.45, 2.75) is 6.92 Å². The minimum absolute atomic E-state index is 0.113. The van der Waals surface area contributed by atoms with Crippen molar-refractivity contribution in [3.63, 3.8) is 0 Å². The zero-order valence-electron chi connectivity index (χ0n) is 7.22. The van der Waals surface area contributed by atoms with Crippen molar-refractivity contribution in [2.75, 3.05) is 14.1 Å². The molecule has 0 aromatic carbocycles. The smallest absolute Gasteiger partial charge is 0.289 e. The average molecular weight is 232 g/mol. The molecule has 1 rings (SSSR count). The van der Waals surface area contributed by atoms with Crippen molar-refractivity contribution in [1.82, 2.24) is 4.90 Å². The van der Waals surface area contributed by atoms with Crippen molar-refractivity contribution in [3.8, 4) is 0 Å². The molecule has 1 heterocycles. The minimum Gasteiger partial charge on any atom is -0.444 e. The summed E-state index contributed by atoms with van der Waals surface area (Å²) < 4.78 is 5.75. The highest BCUT2D eigenvalue weighted by Crippen LogP contribution is 2.20. The molecule has 0 N–H and O–H groups in total. The standard InChI is InChI=1S/C8H10BrNO2/c1-5-4-6(9)12-7(5)8(11)10(2)3/h4H,1-3H3. The molecule has 4 heteroatoms. The van der Waals surface area contributed by atoms with Crippen LogP contribution in [-0.4, -0.2) is 24.9 Å². The number of hydrogen-bond acceptors (Lipinski definition) is 2. The van der Waals surface area contributed by atoms with Gasteiger partial charge in [0, 0.05) is 19.7 Å². The van der Waals surface area contributed by atoms with Crippen LogP contribution in [0.3, 0.4) is 0 Å². The predicted octanol–water partition coefficient (Wildman–Crippen LogP) is 2.05. The van der Waals surface area contributed by atoms with E-state index in [1.807, 2.05) is 6.92 Å². The largest absolute Gasteiger partial charge is 0.444 e. The highest BCUT2D eigenvalue weighted by Gasteiger charge is 2.15. The second-order valence-corrected chi connectivity index (χ2v) is 3.54. The van der Waals surface area contributed by atoms with Gasteiger partial charge >= 0.3 is 0 Å². The van der Waals surface area contributed by atoms with Crippen molar-refractivity contribution in [2.24, 2.45) is 0 Å². The van der Waals surface area contributed by atoms with Gasteiger partial charge in [0.1, 0.15) is 0 Å². The Bertz CT molecular complexity index is 304. The lowest BCUT2D eigenvalue weighted by Crippen LogP contribution is -2.21. The molecule has 0 aliphatic carbocycles. The van der Waals surface area contributed by atoms with Crippen LogP contribution >= 0.6 is 15.9 Å². The molecule has 0 saturated carbocycles. The molecule has 1 amide bonds. The van der Waals surface area contributed by atoms with Crippen LogP contribution in [0.25, 0.3) is 0 Å². The van der Waals surface area contributed by atoms with Crippen molar-refractivity contribution in [3.05, 3.63) is 22.1 Å². The molecular weight excluding hydrogens is 222 g/mol. The normalized spacial score (nSPS) is 10.0. The first-order chi connectivity index (χ1) is 5.52. The fraction of sp³-hybridized carbons (Fsp3) is 0.375. The lowest BCUT2D eigenvalue weighted by Gasteiger charge is -2.07. The summed E-state index contributed by atoms with van der Waals surface area (Å²) in [5.41, 5.74) is 0.848. The quantitative estimate of drug-likeness (QED) is 0.742. The summed E-state index contributed by atoms with van der Waals surface area (Å²) in [6.07, 6.45) is 0. The zero-order chi connectivity index (χ0) is 9.30. The number of carbonyl (C=O) groups is 1. The summed E-state index contributed by atoms with van der Waals surface area (Å²) in [4.78, 5) is 12.9. The summed E-state index contributed by atoms with van der Waals surface area (Å²) in [6, 6.07) is 1.77. The molecule has 1 aromatic heterocycles. The second kappa shape index (κ2) is 3.31. The lowest BCUT2D eigenvalue weighted by molar-refractivity contribution is 0.0794. The van der Waals surface area contributed by atoms with E-state index in [2.05, 4.69) is 15.9 Å². The number of amides is 1. The minimum atomic E-state index is -0.113. The average Bonchev–Trinajstić information content (AvgIpc) is 2.28. The highest BCUT2D eigenvalue weighted by atomic mass is 79.9. The van der Waals surface area contributed by atoms with E-state index in [1.54, 1.807) is 20.2 Å². The van der Waals surface area contributed by atoms with Gasteiger partial charge in [0.15, 0.2) is 10.4 Å². The van der Waals surface area contributed by atoms with E-state index < -0.39 is 0 Å². The first-order valence-electron chi connectivity index (χ1n) is 3.50. The van der Waals surface area contributed by atoms with E-state index in [9.17, 15) is 4.79 Å². The Morgan fingerprint density at radius 3 is 2.50 bits per heavy atom. The summed E-state index contributed by atoms with van der Waals surface area (Å²) in [6.45, 7) is 1.84. The number of hydrogen-bond donors (Lipinski definition) is 0. The van der Waals surface area contributed by atoms with Gasteiger partial charge in [0.25, 0.3) is 5.91 Å². The number of furan rings is 1. The molecule has 66 valence electrons. The van der Waals surface area contributed by atoms with Gasteiger partial charge in [0.2, 0.25) is 0 Å². The first kappa shape index (κ1) is 9.32. The van der Waals surface area contributed by atoms with Gasteiger partial charge < -0.3 is 9.32 Å². The Hall–Kier alpha value is -0.770. The van der Waals surface area contributed by atoms with E-state index in [0.717, 1.165) is 5.56 Å². The summed E-state index contributed by atoms with van der Waals surface area (Å²) in [7, 11) is 3.39. The Kier molecular flexibility index (Phi) is 2.57. The number of halogens is 1. The van der Waals surface area contributed by atoms with E-state index >= 15 is 0 Å². The van der Waals surface area contributed by atoms with Crippen molar-refractivity contribution >= 4 is 21.8 Å². The van der Waals surface area contributed by atoms with E-state index in [4.69, 9.17) is 4.42 Å². The van der Waals surface area contributed by atoms with Crippen LogP contribution in [0.1, 0.15) is 16.1 Å². The molecule has 0 fully saturated rings. The Morgan fingerprint density at radius 2 is 2.17 bits per heavy atom. The monoisotopic (exact) mass is 231 g/mol. The summed E-state index contributed by atoms with van der Waals surface area (Å²) >= 11 is 3.16. The Morgan fingerprint density at radius 1 is 1.58 bits per heavy atom. The highest BCUT2D eigenvalue weighted by molar-refractivity contribution is 9.10. The predicted molar refractivity (Wildman–Crippen MR) is 49.2 cm³/mol. The van der Waals surface area contributed by atoms with Gasteiger partial charge in [-0.05, 0) is 28.9 Å². The van der Waals surface area contributed by atoms with Crippen LogP contribution in [0.2, 0.25) is 0 Å². The van der Waals surface area contributed by atoms with Gasteiger partial charge in [-0.1, -0.05) is 0 Å². The SMILES string of the molecule is Cc1cc(Br)oc1C(=O)N(C)C. The van der Waals surface area contributed by atoms with Gasteiger partial charge in [-0.25, -0.2) is 0 Å². The molecule has 12 heavy (non-hydrogen) atoms. The topological polar surface area (TPSA) is 33.5 Å². The third-order valence-corrected chi connectivity index (χ3v) is 1.88. The Balaban J connectivity index is 3.02. The molecule has 0 saturated heterocycles. The maximum absolute atomic E-state index is 11.4. The van der Waals surface area contributed by atoms with Crippen LogP contribution in [0, 0.1) is 6.92 Å². The summed E-state index contributed by atoms with van der Waals surface area (Å²) in [5.74, 6) is 0.282. The fourth-order valence-electron chi connectivity index (χ4n) is 0.859. The lowest BCUT2D eigenvalue weighted by atomic mass is 10.2. The van der Waals surface area contributed by atoms with Crippen LogP contribution in [0.4, 0.5) is 0 Å². The van der Waals surface area contributed by atoms with Crippen LogP contribution in [-0.2, 0) is 0 Å². The van der Waals surface area contributed by atoms with Gasteiger partial charge in [-0.15, -0.1) is 0 Å². The molecule has 0 radical (unpaired) electrons. The molecule has 0 spiro atoms. The molecule has 0 aliphatic rings. The first-order valence-corrected chi connectivity index (χ1v) is 4.29. The maximum Gasteiger partial charge on any atom is 0.289 e. The third kappa shape index (κ3) is 1.69. The third-order valence-electron chi connectivity index (χ3n) is 1.49. The fourth-order valence-corrected chi connectivity index (χ4v) is 1.36. The number of nitrogens with zero attached hydrogens (tertiary/aromatic N) is 1. The van der Waals surface area contributed by atoms with Crippen molar-refractivity contribution < 1.29 is 9.21 Å². The Labute approximate surface area is 79.5 Å². The van der Waals surface area contributed by atoms with E-state index in [0.29, 0.717) is 10.4 Å². The molecule has 0 bridgehead atoms. The molecule has 3 nitrogen and oxygen atoms in total. The van der Waals surface area contributed by atoms with Crippen LogP contribution < -0.4 is 0 Å². The van der Waals surface area contributed by atoms with Gasteiger partial charge in [0.05, 0.1) is 0 Å². The molecule has 0 aliphatic heterocycles. The van der Waals surface area contributed by atoms with Crippen LogP contribution in [0.15, 0.2) is 15.2 Å². The van der Waals surface area contributed by atoms with Crippen molar-refractivity contribution in [1.29, 1.82) is 0 Å². The maximum atomic E-state index is 11.4. The molecule has 0 atom stereocenters. The number of rotatable bonds is 1. The zero-order valence-corrected chi connectivity index (χ0v) is 8.81. The molecule has 0 unspecified atom stereocenters. The molecule has 1 aromatic rings. The van der Waals surface area contributed by atoms with Crippen LogP contribution in [0.5, 0.6) is 0 Å². The summed E-state index contributed by atoms with van der Waals surface area (Å²) in [5, 5.41) is 0. The van der Waals surface area contributed by atoms with E-state index in [-0.39, 0.29) is 5.91 Å². The van der Waals surface area contributed by atoms with E-state index in [1.165, 1.54) is 4.90 Å². The number of carbonyl (C=O) groups excluding carboxylic acids is 1. The molecular formula is C8H10BrNO2. The van der Waals surface area contributed by atoms with Gasteiger partial charge in [-0.2, -0.15) is 0 Å².